The van der Waals surface area contributed by atoms with Gasteiger partial charge in [0.1, 0.15) is 5.75 Å². The predicted molar refractivity (Wildman–Crippen MR) is 104 cm³/mol. The van der Waals surface area contributed by atoms with Gasteiger partial charge in [0.2, 0.25) is 6.10 Å². The van der Waals surface area contributed by atoms with Crippen molar-refractivity contribution in [3.63, 3.8) is 0 Å². The molecule has 0 saturated heterocycles. The minimum absolute atomic E-state index is 0.330. The Morgan fingerprint density at radius 1 is 1.00 bits per heavy atom. The molecule has 0 spiro atoms. The van der Waals surface area contributed by atoms with Gasteiger partial charge in [0.05, 0.1) is 33.2 Å². The van der Waals surface area contributed by atoms with Crippen molar-refractivity contribution in [2.75, 3.05) is 26.6 Å². The van der Waals surface area contributed by atoms with Crippen LogP contribution in [-0.2, 0) is 9.63 Å². The second kappa shape index (κ2) is 9.47. The summed E-state index contributed by atoms with van der Waals surface area (Å²) >= 11 is 0. The zero-order valence-corrected chi connectivity index (χ0v) is 16.1. The number of carbonyl (C=O) groups is 1. The van der Waals surface area contributed by atoms with E-state index < -0.39 is 6.10 Å². The summed E-state index contributed by atoms with van der Waals surface area (Å²) in [6.45, 7) is 3.55. The van der Waals surface area contributed by atoms with E-state index in [2.05, 4.69) is 10.5 Å². The molecule has 1 N–H and O–H groups in total. The Labute approximate surface area is 158 Å². The van der Waals surface area contributed by atoms with Gasteiger partial charge in [-0.05, 0) is 49.7 Å². The number of methoxy groups -OCH3 is 3. The average molecular weight is 372 g/mol. The molecule has 1 unspecified atom stereocenters. The number of aryl methyl sites for hydroxylation is 1. The van der Waals surface area contributed by atoms with E-state index in [4.69, 9.17) is 19.0 Å². The fraction of sp³-hybridized carbons (Fsp3) is 0.300. The van der Waals surface area contributed by atoms with Gasteiger partial charge in [0, 0.05) is 5.56 Å². The van der Waals surface area contributed by atoms with Crippen LogP contribution in [0, 0.1) is 6.92 Å². The first-order valence-electron chi connectivity index (χ1n) is 8.35. The van der Waals surface area contributed by atoms with Crippen molar-refractivity contribution in [1.29, 1.82) is 0 Å². The Bertz CT molecular complexity index is 820. The largest absolute Gasteiger partial charge is 0.495 e. The molecular weight excluding hydrogens is 348 g/mol. The molecule has 0 aliphatic carbocycles. The molecular formula is C20H24N2O5. The fourth-order valence-electron chi connectivity index (χ4n) is 2.32. The number of oxime groups is 1. The summed E-state index contributed by atoms with van der Waals surface area (Å²) in [5, 5.41) is 6.67. The third-order valence-corrected chi connectivity index (χ3v) is 3.81. The SMILES string of the molecule is COc1ccc(C)cc1NC(=O)C(C)O/N=C/c1ccc(OC)c(OC)c1. The van der Waals surface area contributed by atoms with Crippen molar-refractivity contribution in [2.45, 2.75) is 20.0 Å². The van der Waals surface area contributed by atoms with Gasteiger partial charge in [0.15, 0.2) is 11.5 Å². The van der Waals surface area contributed by atoms with Crippen LogP contribution < -0.4 is 19.5 Å². The van der Waals surface area contributed by atoms with Crippen LogP contribution in [0.15, 0.2) is 41.6 Å². The predicted octanol–water partition coefficient (Wildman–Crippen LogP) is 3.40. The third kappa shape index (κ3) is 5.37. The summed E-state index contributed by atoms with van der Waals surface area (Å²) in [7, 11) is 4.67. The van der Waals surface area contributed by atoms with Crippen molar-refractivity contribution >= 4 is 17.8 Å². The van der Waals surface area contributed by atoms with Crippen LogP contribution in [0.5, 0.6) is 17.2 Å². The molecule has 2 aromatic carbocycles. The van der Waals surface area contributed by atoms with Crippen LogP contribution in [0.2, 0.25) is 0 Å². The Morgan fingerprint density at radius 2 is 1.67 bits per heavy atom. The van der Waals surface area contributed by atoms with Crippen LogP contribution in [0.25, 0.3) is 0 Å². The highest BCUT2D eigenvalue weighted by molar-refractivity contribution is 5.95. The van der Waals surface area contributed by atoms with Crippen molar-refractivity contribution < 1.29 is 23.8 Å². The number of benzene rings is 2. The first-order chi connectivity index (χ1) is 13.0. The number of hydrogen-bond acceptors (Lipinski definition) is 6. The zero-order valence-electron chi connectivity index (χ0n) is 16.1. The standard InChI is InChI=1S/C20H24N2O5/c1-13-6-8-17(24-3)16(10-13)22-20(23)14(2)27-21-12-15-7-9-18(25-4)19(11-15)26-5/h6-12,14H,1-5H3,(H,22,23)/b21-12+. The lowest BCUT2D eigenvalue weighted by Crippen LogP contribution is -2.26. The number of hydrogen-bond donors (Lipinski definition) is 1. The molecule has 7 heteroatoms. The molecule has 0 bridgehead atoms. The van der Waals surface area contributed by atoms with Gasteiger partial charge in [-0.15, -0.1) is 0 Å². The summed E-state index contributed by atoms with van der Waals surface area (Å²) in [4.78, 5) is 17.6. The molecule has 2 rings (SSSR count). The second-order valence-corrected chi connectivity index (χ2v) is 5.79. The van der Waals surface area contributed by atoms with Gasteiger partial charge in [-0.2, -0.15) is 0 Å². The highest BCUT2D eigenvalue weighted by Gasteiger charge is 2.16. The maximum Gasteiger partial charge on any atom is 0.268 e. The number of carbonyl (C=O) groups excluding carboxylic acids is 1. The van der Waals surface area contributed by atoms with Gasteiger partial charge in [-0.25, -0.2) is 0 Å². The molecule has 0 heterocycles. The van der Waals surface area contributed by atoms with Crippen molar-refractivity contribution in [2.24, 2.45) is 5.16 Å². The lowest BCUT2D eigenvalue weighted by atomic mass is 10.2. The molecule has 0 aliphatic heterocycles. The van der Waals surface area contributed by atoms with Gasteiger partial charge in [-0.3, -0.25) is 4.79 Å². The molecule has 1 atom stereocenters. The van der Waals surface area contributed by atoms with Crippen molar-refractivity contribution in [3.8, 4) is 17.2 Å². The minimum Gasteiger partial charge on any atom is -0.495 e. The topological polar surface area (TPSA) is 78.4 Å². The highest BCUT2D eigenvalue weighted by atomic mass is 16.6. The lowest BCUT2D eigenvalue weighted by molar-refractivity contribution is -0.126. The maximum absolute atomic E-state index is 12.3. The van der Waals surface area contributed by atoms with Crippen molar-refractivity contribution in [1.82, 2.24) is 0 Å². The zero-order chi connectivity index (χ0) is 19.8. The van der Waals surface area contributed by atoms with E-state index in [9.17, 15) is 4.79 Å². The Morgan fingerprint density at radius 3 is 2.33 bits per heavy atom. The molecule has 0 fully saturated rings. The Kier molecular flexibility index (Phi) is 7.05. The van der Waals surface area contributed by atoms with E-state index in [1.807, 2.05) is 19.1 Å². The normalized spacial score (nSPS) is 11.7. The average Bonchev–Trinajstić information content (AvgIpc) is 2.67. The van der Waals surface area contributed by atoms with Gasteiger partial charge in [-0.1, -0.05) is 11.2 Å². The fourth-order valence-corrected chi connectivity index (χ4v) is 2.32. The van der Waals surface area contributed by atoms with Gasteiger partial charge < -0.3 is 24.4 Å². The lowest BCUT2D eigenvalue weighted by Gasteiger charge is -2.13. The third-order valence-electron chi connectivity index (χ3n) is 3.81. The second-order valence-electron chi connectivity index (χ2n) is 5.79. The highest BCUT2D eigenvalue weighted by Crippen LogP contribution is 2.27. The number of nitrogens with one attached hydrogen (secondary N) is 1. The summed E-state index contributed by atoms with van der Waals surface area (Å²) in [5.41, 5.74) is 2.34. The molecule has 7 nitrogen and oxygen atoms in total. The van der Waals surface area contributed by atoms with Gasteiger partial charge >= 0.3 is 0 Å². The van der Waals surface area contributed by atoms with Crippen LogP contribution in [0.4, 0.5) is 5.69 Å². The molecule has 0 radical (unpaired) electrons. The van der Waals surface area contributed by atoms with Gasteiger partial charge in [0.25, 0.3) is 5.91 Å². The molecule has 144 valence electrons. The summed E-state index contributed by atoms with van der Waals surface area (Å²) in [5.74, 6) is 1.45. The smallest absolute Gasteiger partial charge is 0.268 e. The number of amides is 1. The van der Waals surface area contributed by atoms with E-state index in [0.717, 1.165) is 11.1 Å². The molecule has 2 aromatic rings. The van der Waals surface area contributed by atoms with Crippen LogP contribution in [0.1, 0.15) is 18.1 Å². The monoisotopic (exact) mass is 372 g/mol. The van der Waals surface area contributed by atoms with Crippen LogP contribution in [-0.4, -0.2) is 39.6 Å². The molecule has 0 aromatic heterocycles. The summed E-state index contributed by atoms with van der Waals surface area (Å²) in [6.07, 6.45) is 0.713. The molecule has 0 saturated carbocycles. The number of rotatable bonds is 8. The van der Waals surface area contributed by atoms with Crippen LogP contribution >= 0.6 is 0 Å². The quantitative estimate of drug-likeness (QED) is 0.568. The summed E-state index contributed by atoms with van der Waals surface area (Å²) in [6, 6.07) is 10.9. The first-order valence-corrected chi connectivity index (χ1v) is 8.35. The summed E-state index contributed by atoms with van der Waals surface area (Å²) < 4.78 is 15.7. The first kappa shape index (κ1) is 20.1. The molecule has 27 heavy (non-hydrogen) atoms. The van der Waals surface area contributed by atoms with E-state index in [0.29, 0.717) is 22.9 Å². The van der Waals surface area contributed by atoms with E-state index in [-0.39, 0.29) is 5.91 Å². The van der Waals surface area contributed by atoms with E-state index in [1.54, 1.807) is 52.5 Å². The van der Waals surface area contributed by atoms with E-state index >= 15 is 0 Å². The Balaban J connectivity index is 1.99. The molecule has 1 amide bonds. The number of nitrogens with zero attached hydrogens (tertiary/aromatic N) is 1. The van der Waals surface area contributed by atoms with Crippen LogP contribution in [0.3, 0.4) is 0 Å². The number of ether oxygens (including phenoxy) is 3. The Hall–Kier alpha value is -3.22. The number of anilines is 1. The molecule has 0 aliphatic rings. The van der Waals surface area contributed by atoms with Crippen molar-refractivity contribution in [3.05, 3.63) is 47.5 Å². The van der Waals surface area contributed by atoms with E-state index in [1.165, 1.54) is 6.21 Å². The maximum atomic E-state index is 12.3. The minimum atomic E-state index is -0.786.